The second-order valence-corrected chi connectivity index (χ2v) is 11.2. The molecule has 0 aliphatic carbocycles. The zero-order valence-electron chi connectivity index (χ0n) is 19.3. The first-order valence-electron chi connectivity index (χ1n) is 11.8. The molecule has 0 amide bonds. The number of fused-ring (bicyclic) bond motifs is 2. The van der Waals surface area contributed by atoms with Gasteiger partial charge in [0.25, 0.3) is 0 Å². The second kappa shape index (κ2) is 8.92. The van der Waals surface area contributed by atoms with E-state index in [9.17, 15) is 8.42 Å². The van der Waals surface area contributed by atoms with Crippen molar-refractivity contribution in [3.8, 4) is 5.75 Å². The lowest BCUT2D eigenvalue weighted by Crippen LogP contribution is -2.37. The van der Waals surface area contributed by atoms with E-state index in [-0.39, 0.29) is 23.7 Å². The molecule has 2 unspecified atom stereocenters. The number of nitrogens with zero attached hydrogens (tertiary/aromatic N) is 1. The van der Waals surface area contributed by atoms with Crippen LogP contribution in [-0.4, -0.2) is 39.2 Å². The molecule has 3 aromatic rings. The Labute approximate surface area is 200 Å². The summed E-state index contributed by atoms with van der Waals surface area (Å²) >= 11 is 0. The molecule has 2 aliphatic rings. The van der Waals surface area contributed by atoms with Crippen molar-refractivity contribution in [2.24, 2.45) is 5.73 Å². The zero-order chi connectivity index (χ0) is 23.9. The molecule has 0 bridgehead atoms. The standard InChI is InChI=1S/C26H30N4O3S/c1-2-34(31,32)30-24-10-9-22(33-23-4-3-11-29-16-23)14-21(24)15-25(30)18-7-5-17-6-8-19(26(27)28)13-20(17)12-18/h5-10,12-14,23,25,29H,2-4,11,15-16H2,1H3,(H3,27,28). The summed E-state index contributed by atoms with van der Waals surface area (Å²) in [5, 5.41) is 13.1. The molecule has 2 heterocycles. The smallest absolute Gasteiger partial charge is 0.235 e. The highest BCUT2D eigenvalue weighted by Crippen LogP contribution is 2.44. The first-order valence-corrected chi connectivity index (χ1v) is 13.4. The number of amidine groups is 1. The number of nitrogens with one attached hydrogen (secondary N) is 2. The average Bonchev–Trinajstić information content (AvgIpc) is 3.23. The predicted molar refractivity (Wildman–Crippen MR) is 136 cm³/mol. The Hall–Kier alpha value is -3.10. The number of piperidine rings is 1. The Morgan fingerprint density at radius 3 is 2.71 bits per heavy atom. The Bertz CT molecular complexity index is 1350. The second-order valence-electron chi connectivity index (χ2n) is 9.03. The van der Waals surface area contributed by atoms with E-state index in [1.807, 2.05) is 54.6 Å². The van der Waals surface area contributed by atoms with Gasteiger partial charge < -0.3 is 15.8 Å². The van der Waals surface area contributed by atoms with Crippen molar-refractivity contribution in [2.75, 3.05) is 23.1 Å². The SMILES string of the molecule is CCS(=O)(=O)N1c2ccc(OC3CCCNC3)cc2CC1c1ccc2ccc(C(=N)N)cc2c1. The molecule has 7 nitrogen and oxygen atoms in total. The molecule has 3 aromatic carbocycles. The van der Waals surface area contributed by atoms with Gasteiger partial charge in [-0.15, -0.1) is 0 Å². The lowest BCUT2D eigenvalue weighted by atomic mass is 9.98. The summed E-state index contributed by atoms with van der Waals surface area (Å²) in [4.78, 5) is 0. The molecule has 0 spiro atoms. The van der Waals surface area contributed by atoms with Gasteiger partial charge in [0, 0.05) is 18.5 Å². The minimum Gasteiger partial charge on any atom is -0.489 e. The van der Waals surface area contributed by atoms with E-state index in [4.69, 9.17) is 15.9 Å². The molecule has 0 radical (unpaired) electrons. The highest BCUT2D eigenvalue weighted by molar-refractivity contribution is 7.92. The molecule has 2 aliphatic heterocycles. The summed E-state index contributed by atoms with van der Waals surface area (Å²) in [6.07, 6.45) is 2.82. The van der Waals surface area contributed by atoms with Gasteiger partial charge in [-0.3, -0.25) is 9.71 Å². The molecule has 0 aromatic heterocycles. The van der Waals surface area contributed by atoms with Crippen LogP contribution in [0.15, 0.2) is 54.6 Å². The molecular formula is C26H30N4O3S. The minimum atomic E-state index is -3.50. The minimum absolute atomic E-state index is 0.0106. The Morgan fingerprint density at radius 2 is 1.97 bits per heavy atom. The third-order valence-corrected chi connectivity index (χ3v) is 8.54. The monoisotopic (exact) mass is 478 g/mol. The number of benzene rings is 3. The van der Waals surface area contributed by atoms with E-state index in [1.165, 1.54) is 0 Å². The number of nitrogens with two attached hydrogens (primary N) is 1. The van der Waals surface area contributed by atoms with Gasteiger partial charge in [-0.25, -0.2) is 8.42 Å². The van der Waals surface area contributed by atoms with Gasteiger partial charge in [0.1, 0.15) is 17.7 Å². The van der Waals surface area contributed by atoms with E-state index in [2.05, 4.69) is 5.32 Å². The third-order valence-electron chi connectivity index (χ3n) is 6.76. The number of nitrogen functional groups attached to an aromatic ring is 1. The van der Waals surface area contributed by atoms with Crippen molar-refractivity contribution >= 4 is 32.3 Å². The highest BCUT2D eigenvalue weighted by atomic mass is 32.2. The first-order chi connectivity index (χ1) is 16.4. The number of anilines is 1. The maximum absolute atomic E-state index is 13.2. The van der Waals surface area contributed by atoms with Gasteiger partial charge in [-0.2, -0.15) is 0 Å². The van der Waals surface area contributed by atoms with Crippen molar-refractivity contribution in [3.05, 3.63) is 71.3 Å². The van der Waals surface area contributed by atoms with Gasteiger partial charge in [-0.05, 0) is 78.5 Å². The van der Waals surface area contributed by atoms with Crippen LogP contribution in [0.25, 0.3) is 10.8 Å². The average molecular weight is 479 g/mol. The van der Waals surface area contributed by atoms with Crippen LogP contribution in [0, 0.1) is 5.41 Å². The van der Waals surface area contributed by atoms with Crippen molar-refractivity contribution in [2.45, 2.75) is 38.3 Å². The molecular weight excluding hydrogens is 448 g/mol. The van der Waals surface area contributed by atoms with Crippen molar-refractivity contribution in [1.82, 2.24) is 5.32 Å². The maximum Gasteiger partial charge on any atom is 0.235 e. The molecule has 0 saturated carbocycles. The van der Waals surface area contributed by atoms with Crippen LogP contribution >= 0.6 is 0 Å². The van der Waals surface area contributed by atoms with Crippen molar-refractivity contribution in [1.29, 1.82) is 5.41 Å². The molecule has 1 saturated heterocycles. The van der Waals surface area contributed by atoms with Gasteiger partial charge in [0.15, 0.2) is 0 Å². The van der Waals surface area contributed by atoms with E-state index < -0.39 is 10.0 Å². The van der Waals surface area contributed by atoms with Crippen LogP contribution in [0.1, 0.15) is 42.5 Å². The quantitative estimate of drug-likeness (QED) is 0.370. The van der Waals surface area contributed by atoms with Gasteiger partial charge in [0.2, 0.25) is 10.0 Å². The lowest BCUT2D eigenvalue weighted by Gasteiger charge is -2.27. The summed E-state index contributed by atoms with van der Waals surface area (Å²) < 4.78 is 34.2. The molecule has 8 heteroatoms. The zero-order valence-corrected chi connectivity index (χ0v) is 20.1. The highest BCUT2D eigenvalue weighted by Gasteiger charge is 2.38. The number of sulfonamides is 1. The van der Waals surface area contributed by atoms with E-state index in [1.54, 1.807) is 11.2 Å². The van der Waals surface area contributed by atoms with Crippen LogP contribution in [0.3, 0.4) is 0 Å². The molecule has 34 heavy (non-hydrogen) atoms. The third kappa shape index (κ3) is 4.23. The maximum atomic E-state index is 13.2. The molecule has 1 fully saturated rings. The molecule has 2 atom stereocenters. The predicted octanol–water partition coefficient (Wildman–Crippen LogP) is 3.71. The summed E-state index contributed by atoms with van der Waals surface area (Å²) in [5.74, 6) is 0.819. The van der Waals surface area contributed by atoms with Crippen LogP contribution in [0.4, 0.5) is 5.69 Å². The van der Waals surface area contributed by atoms with E-state index in [0.29, 0.717) is 12.0 Å². The van der Waals surface area contributed by atoms with Gasteiger partial charge >= 0.3 is 0 Å². The number of ether oxygens (including phenoxy) is 1. The topological polar surface area (TPSA) is 109 Å². The number of hydrogen-bond donors (Lipinski definition) is 3. The van der Waals surface area contributed by atoms with Crippen molar-refractivity contribution in [3.63, 3.8) is 0 Å². The number of hydrogen-bond acceptors (Lipinski definition) is 5. The van der Waals surface area contributed by atoms with Gasteiger partial charge in [-0.1, -0.05) is 24.3 Å². The first kappa shape index (κ1) is 22.7. The Morgan fingerprint density at radius 1 is 1.15 bits per heavy atom. The Kier molecular flexibility index (Phi) is 5.95. The Balaban J connectivity index is 1.52. The van der Waals surface area contributed by atoms with Gasteiger partial charge in [0.05, 0.1) is 17.5 Å². The lowest BCUT2D eigenvalue weighted by molar-refractivity contribution is 0.167. The fourth-order valence-corrected chi connectivity index (χ4v) is 6.30. The van der Waals surface area contributed by atoms with Crippen LogP contribution < -0.4 is 20.1 Å². The molecule has 4 N–H and O–H groups in total. The summed E-state index contributed by atoms with van der Waals surface area (Å²) in [6.45, 7) is 3.53. The summed E-state index contributed by atoms with van der Waals surface area (Å²) in [6, 6.07) is 17.1. The fourth-order valence-electron chi connectivity index (χ4n) is 4.96. The largest absolute Gasteiger partial charge is 0.489 e. The normalized spacial score (nSPS) is 20.3. The number of rotatable bonds is 6. The van der Waals surface area contributed by atoms with E-state index >= 15 is 0 Å². The fraction of sp³-hybridized carbons (Fsp3) is 0.346. The van der Waals surface area contributed by atoms with E-state index in [0.717, 1.165) is 59.3 Å². The molecule has 5 rings (SSSR count). The van der Waals surface area contributed by atoms with Crippen LogP contribution in [0.5, 0.6) is 5.75 Å². The van der Waals surface area contributed by atoms with Crippen LogP contribution in [-0.2, 0) is 16.4 Å². The van der Waals surface area contributed by atoms with Crippen LogP contribution in [0.2, 0.25) is 0 Å². The van der Waals surface area contributed by atoms with Crippen molar-refractivity contribution < 1.29 is 13.2 Å². The molecule has 178 valence electrons. The summed E-state index contributed by atoms with van der Waals surface area (Å²) in [5.41, 5.74) is 8.94. The summed E-state index contributed by atoms with van der Waals surface area (Å²) in [7, 11) is -3.50.